The van der Waals surface area contributed by atoms with Crippen molar-refractivity contribution in [1.82, 2.24) is 40.4 Å². The molecule has 16 heteroatoms. The predicted octanol–water partition coefficient (Wildman–Crippen LogP) is 6.72. The Balaban J connectivity index is 0.838. The first kappa shape index (κ1) is 39.0. The van der Waals surface area contributed by atoms with Crippen molar-refractivity contribution in [2.75, 3.05) is 14.2 Å². The number of imidazole rings is 2. The van der Waals surface area contributed by atoms with Gasteiger partial charge in [-0.1, -0.05) is 44.2 Å². The molecule has 5 aromatic rings. The molecular weight excluding hydrogens is 805 g/mol. The van der Waals surface area contributed by atoms with Crippen molar-refractivity contribution in [2.45, 2.75) is 89.0 Å². The van der Waals surface area contributed by atoms with Crippen LogP contribution in [0.15, 0.2) is 67.0 Å². The maximum absolute atomic E-state index is 14.3. The number of hydrogen-bond donors (Lipinski definition) is 4. The number of benzene rings is 3. The number of carbonyl (C=O) groups is 4. The van der Waals surface area contributed by atoms with Crippen LogP contribution in [-0.4, -0.2) is 86.1 Å². The topological polar surface area (TPSA) is 193 Å². The summed E-state index contributed by atoms with van der Waals surface area (Å²) in [5, 5.41) is 5.50. The van der Waals surface area contributed by atoms with Gasteiger partial charge in [0.05, 0.1) is 50.1 Å². The molecule has 3 aromatic carbocycles. The lowest BCUT2D eigenvalue weighted by molar-refractivity contribution is -0.137. The number of likely N-dealkylation sites (tertiary alicyclic amines) is 2. The molecular formula is C47H48N8O8. The molecule has 11 rings (SSSR count). The number of nitrogens with one attached hydrogen (secondary N) is 4. The van der Waals surface area contributed by atoms with Gasteiger partial charge in [-0.3, -0.25) is 9.59 Å². The Morgan fingerprint density at radius 2 is 1.21 bits per heavy atom. The van der Waals surface area contributed by atoms with Crippen molar-refractivity contribution < 1.29 is 38.1 Å². The first-order valence-electron chi connectivity index (χ1n) is 21.7. The number of methoxy groups -OCH3 is 2. The number of amides is 4. The minimum Gasteiger partial charge on any atom is -0.488 e. The molecule has 6 aliphatic rings. The fourth-order valence-corrected chi connectivity index (χ4v) is 10.5. The average molecular weight is 853 g/mol. The van der Waals surface area contributed by atoms with E-state index in [-0.39, 0.29) is 41.9 Å². The van der Waals surface area contributed by atoms with Crippen LogP contribution in [0.25, 0.3) is 33.6 Å². The Labute approximate surface area is 363 Å². The maximum Gasteiger partial charge on any atom is 0.407 e. The molecule has 8 atom stereocenters. The van der Waals surface area contributed by atoms with Gasteiger partial charge < -0.3 is 49.3 Å². The van der Waals surface area contributed by atoms with E-state index in [1.807, 2.05) is 72.3 Å². The lowest BCUT2D eigenvalue weighted by Gasteiger charge is -2.32. The van der Waals surface area contributed by atoms with Crippen LogP contribution in [0.1, 0.15) is 86.0 Å². The highest BCUT2D eigenvalue weighted by Crippen LogP contribution is 2.56. The lowest BCUT2D eigenvalue weighted by atomic mass is 9.87. The minimum atomic E-state index is -0.894. The van der Waals surface area contributed by atoms with Gasteiger partial charge in [-0.05, 0) is 73.3 Å². The summed E-state index contributed by atoms with van der Waals surface area (Å²) in [6.07, 6.45) is 5.79. The minimum absolute atomic E-state index is 0.0882. The van der Waals surface area contributed by atoms with Crippen molar-refractivity contribution in [3.05, 3.63) is 95.3 Å². The molecule has 0 bridgehead atoms. The SMILES string of the molecule is COC(=O)N[C@H](C(=O)N1[C@@H]2C[C@@H]2C[C@H]1c1ncc(-c2cc3c4c(c2)OCc2cc(-c5cnc([C@@H]6C[C@H]7C[C@H]7N6C(=O)[C@H](NC(=O)OC)c6ccccc6)[nH]5)cc(c2-4)OC3)[nH]1)C(C)C. The Kier molecular flexibility index (Phi) is 9.24. The number of carbonyl (C=O) groups excluding carboxylic acids is 4. The number of aromatic nitrogens is 4. The quantitative estimate of drug-likeness (QED) is 0.117. The second kappa shape index (κ2) is 14.9. The van der Waals surface area contributed by atoms with Crippen molar-refractivity contribution in [3.63, 3.8) is 0 Å². The van der Waals surface area contributed by atoms with Crippen LogP contribution in [-0.2, 0) is 32.3 Å². The molecule has 4 aliphatic heterocycles. The molecule has 63 heavy (non-hydrogen) atoms. The normalized spacial score (nSPS) is 24.0. The summed E-state index contributed by atoms with van der Waals surface area (Å²) in [6.45, 7) is 4.51. The number of piperidine rings is 2. The van der Waals surface area contributed by atoms with Crippen LogP contribution in [0.4, 0.5) is 9.59 Å². The fourth-order valence-electron chi connectivity index (χ4n) is 10.5. The molecule has 4 fully saturated rings. The van der Waals surface area contributed by atoms with E-state index in [0.29, 0.717) is 42.3 Å². The van der Waals surface area contributed by atoms with Crippen LogP contribution < -0.4 is 20.1 Å². The molecule has 16 nitrogen and oxygen atoms in total. The molecule has 2 saturated carbocycles. The van der Waals surface area contributed by atoms with Gasteiger partial charge >= 0.3 is 12.2 Å². The third-order valence-corrected chi connectivity index (χ3v) is 13.8. The van der Waals surface area contributed by atoms with Gasteiger partial charge in [0.2, 0.25) is 5.91 Å². The van der Waals surface area contributed by atoms with Crippen LogP contribution in [0.3, 0.4) is 0 Å². The van der Waals surface area contributed by atoms with Gasteiger partial charge in [0, 0.05) is 45.5 Å². The van der Waals surface area contributed by atoms with Gasteiger partial charge in [0.25, 0.3) is 5.91 Å². The molecule has 324 valence electrons. The van der Waals surface area contributed by atoms with E-state index in [4.69, 9.17) is 28.9 Å². The summed E-state index contributed by atoms with van der Waals surface area (Å²) < 4.78 is 22.7. The number of fused-ring (bicyclic) bond motifs is 2. The number of rotatable bonds is 10. The molecule has 0 spiro atoms. The first-order chi connectivity index (χ1) is 30.6. The molecule has 2 saturated heterocycles. The van der Waals surface area contributed by atoms with Crippen molar-refractivity contribution in [3.8, 4) is 45.1 Å². The summed E-state index contributed by atoms with van der Waals surface area (Å²) in [4.78, 5) is 73.2. The Morgan fingerprint density at radius 3 is 1.71 bits per heavy atom. The highest BCUT2D eigenvalue weighted by molar-refractivity contribution is 5.90. The van der Waals surface area contributed by atoms with E-state index in [1.165, 1.54) is 14.2 Å². The van der Waals surface area contributed by atoms with E-state index < -0.39 is 24.3 Å². The highest BCUT2D eigenvalue weighted by atomic mass is 16.5. The van der Waals surface area contributed by atoms with E-state index in [0.717, 1.165) is 82.0 Å². The van der Waals surface area contributed by atoms with Gasteiger partial charge in [-0.25, -0.2) is 19.6 Å². The number of hydrogen-bond acceptors (Lipinski definition) is 10. The van der Waals surface area contributed by atoms with Crippen LogP contribution in [0.5, 0.6) is 11.5 Å². The maximum atomic E-state index is 14.3. The molecule has 4 amide bonds. The zero-order valence-corrected chi connectivity index (χ0v) is 35.3. The summed E-state index contributed by atoms with van der Waals surface area (Å²) in [6, 6.07) is 15.6. The van der Waals surface area contributed by atoms with Gasteiger partial charge in [-0.15, -0.1) is 0 Å². The third-order valence-electron chi connectivity index (χ3n) is 13.8. The molecule has 0 unspecified atom stereocenters. The molecule has 2 aromatic heterocycles. The van der Waals surface area contributed by atoms with Gasteiger partial charge in [0.15, 0.2) is 0 Å². The Morgan fingerprint density at radius 1 is 0.698 bits per heavy atom. The summed E-state index contributed by atoms with van der Waals surface area (Å²) in [5.41, 5.74) is 8.10. The summed E-state index contributed by atoms with van der Waals surface area (Å²) in [5.74, 6) is 3.30. The van der Waals surface area contributed by atoms with Crippen molar-refractivity contribution >= 4 is 24.0 Å². The molecule has 0 radical (unpaired) electrons. The highest BCUT2D eigenvalue weighted by Gasteiger charge is 2.57. The fraction of sp³-hybridized carbons (Fsp3) is 0.404. The van der Waals surface area contributed by atoms with Crippen molar-refractivity contribution in [2.24, 2.45) is 17.8 Å². The van der Waals surface area contributed by atoms with E-state index in [1.54, 1.807) is 6.20 Å². The first-order valence-corrected chi connectivity index (χ1v) is 21.7. The monoisotopic (exact) mass is 852 g/mol. The molecule has 2 aliphatic carbocycles. The number of aromatic amines is 2. The lowest BCUT2D eigenvalue weighted by Crippen LogP contribution is -2.52. The van der Waals surface area contributed by atoms with Crippen LogP contribution in [0, 0.1) is 17.8 Å². The second-order valence-electron chi connectivity index (χ2n) is 17.9. The zero-order chi connectivity index (χ0) is 43.3. The Bertz CT molecular complexity index is 2630. The van der Waals surface area contributed by atoms with Gasteiger partial charge in [0.1, 0.15) is 48.4 Å². The van der Waals surface area contributed by atoms with E-state index in [9.17, 15) is 19.2 Å². The van der Waals surface area contributed by atoms with Gasteiger partial charge in [-0.2, -0.15) is 0 Å². The standard InChI is InChI=1S/C47H48N8O8/c1-22(2)40(52-46(58)60-3)44(56)54-32-12-26(32)14-34(54)42-48-18-30(50-42)24-10-28-20-63-37-17-25(11-29-21-62-36(16-24)38(28)39(29)37)31-19-49-43(51-31)35-15-27-13-33(27)55(35)45(57)41(53-47(59)61-4)23-8-6-5-7-9-23/h5-11,16-19,22,26-27,32-35,40-41H,12-15,20-21H2,1-4H3,(H,48,50)(H,49,51)(H,52,58)(H,53,59)/t26-,27-,32-,33-,34+,35+,40+,41-/m1/s1. The number of H-pyrrole nitrogens is 2. The number of nitrogens with zero attached hydrogens (tertiary/aromatic N) is 4. The number of ether oxygens (including phenoxy) is 4. The average Bonchev–Trinajstić information content (AvgIpc) is 3.88. The summed E-state index contributed by atoms with van der Waals surface area (Å²) >= 11 is 0. The smallest absolute Gasteiger partial charge is 0.407 e. The Hall–Kier alpha value is -6.84. The van der Waals surface area contributed by atoms with Crippen LogP contribution >= 0.6 is 0 Å². The van der Waals surface area contributed by atoms with E-state index >= 15 is 0 Å². The largest absolute Gasteiger partial charge is 0.488 e. The third kappa shape index (κ3) is 6.65. The summed E-state index contributed by atoms with van der Waals surface area (Å²) in [7, 11) is 2.59. The zero-order valence-electron chi connectivity index (χ0n) is 35.3. The predicted molar refractivity (Wildman–Crippen MR) is 227 cm³/mol. The van der Waals surface area contributed by atoms with E-state index in [2.05, 4.69) is 32.7 Å². The second-order valence-corrected chi connectivity index (χ2v) is 17.9. The molecule has 4 N–H and O–H groups in total. The van der Waals surface area contributed by atoms with Crippen LogP contribution in [0.2, 0.25) is 0 Å². The van der Waals surface area contributed by atoms with Crippen molar-refractivity contribution in [1.29, 1.82) is 0 Å². The molecule has 6 heterocycles. The number of alkyl carbamates (subject to hydrolysis) is 2.